The summed E-state index contributed by atoms with van der Waals surface area (Å²) in [5, 5.41) is 3.39. The second-order valence-electron chi connectivity index (χ2n) is 6.75. The first-order valence-electron chi connectivity index (χ1n) is 8.04. The third kappa shape index (κ3) is 7.46. The van der Waals surface area contributed by atoms with Gasteiger partial charge in [0.1, 0.15) is 5.60 Å². The van der Waals surface area contributed by atoms with Gasteiger partial charge in [0.15, 0.2) is 0 Å². The van der Waals surface area contributed by atoms with Crippen molar-refractivity contribution in [1.29, 1.82) is 0 Å². The fraction of sp³-hybridized carbons (Fsp3) is 0.611. The second kappa shape index (κ2) is 8.79. The Bertz CT molecular complexity index is 438. The van der Waals surface area contributed by atoms with Crippen LogP contribution in [0.3, 0.4) is 0 Å². The molecule has 0 bridgehead atoms. The smallest absolute Gasteiger partial charge is 0.410 e. The molecule has 1 rings (SSSR count). The number of carbonyl (C=O) groups is 1. The predicted molar refractivity (Wildman–Crippen MR) is 91.1 cm³/mol. The van der Waals surface area contributed by atoms with Crippen LogP contribution in [0, 0.1) is 0 Å². The lowest BCUT2D eigenvalue weighted by Gasteiger charge is -2.30. The average Bonchev–Trinajstić information content (AvgIpc) is 2.41. The maximum absolute atomic E-state index is 12.2. The van der Waals surface area contributed by atoms with Gasteiger partial charge in [-0.15, -0.1) is 0 Å². The zero-order valence-electron chi connectivity index (χ0n) is 14.6. The van der Waals surface area contributed by atoms with E-state index >= 15 is 0 Å². The van der Waals surface area contributed by atoms with E-state index in [1.54, 1.807) is 4.90 Å². The summed E-state index contributed by atoms with van der Waals surface area (Å²) in [5.74, 6) is 0. The van der Waals surface area contributed by atoms with Gasteiger partial charge in [0, 0.05) is 19.1 Å². The molecule has 1 aromatic carbocycles. The topological polar surface area (TPSA) is 41.6 Å². The van der Waals surface area contributed by atoms with E-state index in [1.165, 1.54) is 5.56 Å². The zero-order valence-corrected chi connectivity index (χ0v) is 14.6. The molecule has 0 aromatic heterocycles. The van der Waals surface area contributed by atoms with Gasteiger partial charge >= 0.3 is 6.09 Å². The van der Waals surface area contributed by atoms with Crippen molar-refractivity contribution in [1.82, 2.24) is 10.2 Å². The highest BCUT2D eigenvalue weighted by molar-refractivity contribution is 5.68. The fourth-order valence-electron chi connectivity index (χ4n) is 2.08. The third-order valence-corrected chi connectivity index (χ3v) is 3.21. The van der Waals surface area contributed by atoms with Crippen molar-refractivity contribution in [2.24, 2.45) is 0 Å². The van der Waals surface area contributed by atoms with E-state index < -0.39 is 5.60 Å². The summed E-state index contributed by atoms with van der Waals surface area (Å²) in [6.07, 6.45) is 0.752. The number of hydrogen-bond donors (Lipinski definition) is 1. The number of hydrogen-bond acceptors (Lipinski definition) is 3. The molecule has 1 amide bonds. The first-order valence-corrected chi connectivity index (χ1v) is 8.04. The lowest BCUT2D eigenvalue weighted by Crippen LogP contribution is -2.44. The molecular weight excluding hydrogens is 276 g/mol. The Morgan fingerprint density at radius 3 is 2.36 bits per heavy atom. The Labute approximate surface area is 134 Å². The van der Waals surface area contributed by atoms with E-state index in [9.17, 15) is 4.79 Å². The van der Waals surface area contributed by atoms with Gasteiger partial charge in [0.25, 0.3) is 0 Å². The number of nitrogens with one attached hydrogen (secondary N) is 1. The van der Waals surface area contributed by atoms with Gasteiger partial charge in [0.2, 0.25) is 0 Å². The number of rotatable bonds is 7. The molecule has 1 N–H and O–H groups in total. The van der Waals surface area contributed by atoms with Gasteiger partial charge in [-0.25, -0.2) is 4.79 Å². The molecule has 0 aliphatic rings. The van der Waals surface area contributed by atoms with Gasteiger partial charge in [-0.1, -0.05) is 30.3 Å². The summed E-state index contributed by atoms with van der Waals surface area (Å²) in [6, 6.07) is 10.5. The van der Waals surface area contributed by atoms with Crippen LogP contribution >= 0.6 is 0 Å². The number of benzene rings is 1. The van der Waals surface area contributed by atoms with Crippen LogP contribution in [0.25, 0.3) is 0 Å². The highest BCUT2D eigenvalue weighted by Gasteiger charge is 2.23. The summed E-state index contributed by atoms with van der Waals surface area (Å²) >= 11 is 0. The van der Waals surface area contributed by atoms with Crippen molar-refractivity contribution in [2.75, 3.05) is 19.6 Å². The maximum atomic E-state index is 12.2. The summed E-state index contributed by atoms with van der Waals surface area (Å²) in [4.78, 5) is 13.9. The molecule has 0 aliphatic heterocycles. The van der Waals surface area contributed by atoms with Crippen molar-refractivity contribution in [2.45, 2.75) is 52.7 Å². The van der Waals surface area contributed by atoms with E-state index in [2.05, 4.69) is 29.6 Å². The van der Waals surface area contributed by atoms with Crippen LogP contribution in [-0.2, 0) is 11.2 Å². The van der Waals surface area contributed by atoms with E-state index in [0.29, 0.717) is 6.54 Å². The number of nitrogens with zero attached hydrogens (tertiary/aromatic N) is 1. The molecule has 4 heteroatoms. The molecule has 0 saturated heterocycles. The molecule has 0 saturated carbocycles. The molecule has 0 unspecified atom stereocenters. The molecular formula is C18H30N2O2. The minimum atomic E-state index is -0.453. The van der Waals surface area contributed by atoms with Gasteiger partial charge < -0.3 is 15.0 Å². The van der Waals surface area contributed by atoms with Gasteiger partial charge in [-0.3, -0.25) is 0 Å². The van der Waals surface area contributed by atoms with Crippen molar-refractivity contribution in [3.8, 4) is 0 Å². The van der Waals surface area contributed by atoms with E-state index in [1.807, 2.05) is 40.7 Å². The van der Waals surface area contributed by atoms with Crippen LogP contribution in [0.15, 0.2) is 30.3 Å². The van der Waals surface area contributed by atoms with Crippen LogP contribution in [0.4, 0.5) is 4.79 Å². The Hall–Kier alpha value is -1.55. The van der Waals surface area contributed by atoms with Crippen LogP contribution in [-0.4, -0.2) is 42.3 Å². The molecule has 1 aromatic rings. The van der Waals surface area contributed by atoms with Crippen LogP contribution in [0.2, 0.25) is 0 Å². The normalized spacial score (nSPS) is 11.5. The Balaban J connectivity index is 2.31. The Morgan fingerprint density at radius 2 is 1.82 bits per heavy atom. The number of amides is 1. The minimum absolute atomic E-state index is 0.130. The highest BCUT2D eigenvalue weighted by atomic mass is 16.6. The lowest BCUT2D eigenvalue weighted by molar-refractivity contribution is 0.0194. The summed E-state index contributed by atoms with van der Waals surface area (Å²) in [7, 11) is 0. The molecule has 0 radical (unpaired) electrons. The molecule has 124 valence electrons. The second-order valence-corrected chi connectivity index (χ2v) is 6.75. The van der Waals surface area contributed by atoms with Gasteiger partial charge in [-0.05, 0) is 53.1 Å². The van der Waals surface area contributed by atoms with Crippen molar-refractivity contribution >= 4 is 6.09 Å². The molecule has 22 heavy (non-hydrogen) atoms. The SMILES string of the molecule is CC(C)N(CCNCCc1ccccc1)C(=O)OC(C)(C)C. The predicted octanol–water partition coefficient (Wildman–Crippen LogP) is 3.46. The molecule has 0 fully saturated rings. The van der Waals surface area contributed by atoms with Crippen molar-refractivity contribution in [3.05, 3.63) is 35.9 Å². The van der Waals surface area contributed by atoms with E-state index in [-0.39, 0.29) is 12.1 Å². The summed E-state index contributed by atoms with van der Waals surface area (Å²) < 4.78 is 5.45. The molecule has 0 spiro atoms. The average molecular weight is 306 g/mol. The van der Waals surface area contributed by atoms with E-state index in [4.69, 9.17) is 4.74 Å². The van der Waals surface area contributed by atoms with Gasteiger partial charge in [0.05, 0.1) is 0 Å². The summed E-state index contributed by atoms with van der Waals surface area (Å²) in [6.45, 7) is 12.0. The van der Waals surface area contributed by atoms with Gasteiger partial charge in [-0.2, -0.15) is 0 Å². The molecule has 4 nitrogen and oxygen atoms in total. The molecule has 0 atom stereocenters. The number of ether oxygens (including phenoxy) is 1. The quantitative estimate of drug-likeness (QED) is 0.784. The van der Waals surface area contributed by atoms with E-state index in [0.717, 1.165) is 19.5 Å². The van der Waals surface area contributed by atoms with Crippen LogP contribution in [0.5, 0.6) is 0 Å². The number of carbonyl (C=O) groups excluding carboxylic acids is 1. The monoisotopic (exact) mass is 306 g/mol. The standard InChI is InChI=1S/C18H30N2O2/c1-15(2)20(17(21)22-18(3,4)5)14-13-19-12-11-16-9-7-6-8-10-16/h6-10,15,19H,11-14H2,1-5H3. The third-order valence-electron chi connectivity index (χ3n) is 3.21. The van der Waals surface area contributed by atoms with Crippen LogP contribution < -0.4 is 5.32 Å². The maximum Gasteiger partial charge on any atom is 0.410 e. The lowest BCUT2D eigenvalue weighted by atomic mass is 10.1. The minimum Gasteiger partial charge on any atom is -0.444 e. The van der Waals surface area contributed by atoms with Crippen molar-refractivity contribution < 1.29 is 9.53 Å². The Kier molecular flexibility index (Phi) is 7.39. The zero-order chi connectivity index (χ0) is 16.6. The molecule has 0 heterocycles. The van der Waals surface area contributed by atoms with Crippen LogP contribution in [0.1, 0.15) is 40.2 Å². The molecule has 0 aliphatic carbocycles. The first-order chi connectivity index (χ1) is 10.3. The first kappa shape index (κ1) is 18.5. The Morgan fingerprint density at radius 1 is 1.18 bits per heavy atom. The summed E-state index contributed by atoms with van der Waals surface area (Å²) in [5.41, 5.74) is 0.869. The highest BCUT2D eigenvalue weighted by Crippen LogP contribution is 2.11. The fourth-order valence-corrected chi connectivity index (χ4v) is 2.08. The van der Waals surface area contributed by atoms with Crippen molar-refractivity contribution in [3.63, 3.8) is 0 Å². The largest absolute Gasteiger partial charge is 0.444 e.